The maximum absolute atomic E-state index is 13.7. The molecule has 0 radical (unpaired) electrons. The van der Waals surface area contributed by atoms with Gasteiger partial charge in [0, 0.05) is 12.2 Å². The predicted molar refractivity (Wildman–Crippen MR) is 114 cm³/mol. The summed E-state index contributed by atoms with van der Waals surface area (Å²) in [6, 6.07) is 5.74. The minimum Gasteiger partial charge on any atom is -0.456 e. The molecular formula is C24H34N2O3. The largest absolute Gasteiger partial charge is 0.456 e. The molecule has 2 heterocycles. The molecule has 1 amide bonds. The SMILES string of the molecule is CC(C)(C)OC(=O)c1ccc2c(c1)C1(CCNCC1)C(=O)N2CC1CCCCC1. The zero-order chi connectivity index (χ0) is 20.6. The second-order valence-electron chi connectivity index (χ2n) is 9.99. The number of esters is 1. The molecule has 2 fully saturated rings. The zero-order valence-corrected chi connectivity index (χ0v) is 18.1. The first-order valence-electron chi connectivity index (χ1n) is 11.2. The molecule has 1 N–H and O–H groups in total. The Balaban J connectivity index is 1.68. The Morgan fingerprint density at radius 1 is 1.17 bits per heavy atom. The summed E-state index contributed by atoms with van der Waals surface area (Å²) in [5, 5.41) is 3.39. The van der Waals surface area contributed by atoms with Crippen LogP contribution in [-0.2, 0) is 14.9 Å². The van der Waals surface area contributed by atoms with Gasteiger partial charge in [-0.15, -0.1) is 0 Å². The topological polar surface area (TPSA) is 58.6 Å². The summed E-state index contributed by atoms with van der Waals surface area (Å²) in [5.41, 5.74) is 1.56. The van der Waals surface area contributed by atoms with E-state index in [-0.39, 0.29) is 11.9 Å². The third-order valence-electron chi connectivity index (χ3n) is 6.71. The fourth-order valence-corrected chi connectivity index (χ4v) is 5.25. The molecule has 1 aliphatic carbocycles. The predicted octanol–water partition coefficient (Wildman–Crippen LogP) is 4.19. The van der Waals surface area contributed by atoms with Crippen molar-refractivity contribution in [1.29, 1.82) is 0 Å². The van der Waals surface area contributed by atoms with E-state index in [2.05, 4.69) is 5.32 Å². The van der Waals surface area contributed by atoms with Crippen LogP contribution in [0.25, 0.3) is 0 Å². The highest BCUT2D eigenvalue weighted by atomic mass is 16.6. The molecule has 3 aliphatic rings. The monoisotopic (exact) mass is 398 g/mol. The molecule has 0 aromatic heterocycles. The van der Waals surface area contributed by atoms with Crippen LogP contribution in [0.3, 0.4) is 0 Å². The smallest absolute Gasteiger partial charge is 0.338 e. The number of nitrogens with zero attached hydrogens (tertiary/aromatic N) is 1. The molecule has 0 atom stereocenters. The fraction of sp³-hybridized carbons (Fsp3) is 0.667. The van der Waals surface area contributed by atoms with Gasteiger partial charge >= 0.3 is 5.97 Å². The maximum atomic E-state index is 13.7. The first-order chi connectivity index (χ1) is 13.8. The lowest BCUT2D eigenvalue weighted by Crippen LogP contribution is -2.48. The summed E-state index contributed by atoms with van der Waals surface area (Å²) in [4.78, 5) is 28.4. The van der Waals surface area contributed by atoms with Crippen molar-refractivity contribution in [3.8, 4) is 0 Å². The Bertz CT molecular complexity index is 784. The number of carbonyl (C=O) groups excluding carboxylic acids is 2. The summed E-state index contributed by atoms with van der Waals surface area (Å²) in [5.74, 6) is 0.506. The third-order valence-corrected chi connectivity index (χ3v) is 6.71. The van der Waals surface area contributed by atoms with Crippen molar-refractivity contribution in [3.05, 3.63) is 29.3 Å². The normalized spacial score (nSPS) is 22.0. The van der Waals surface area contributed by atoms with Crippen molar-refractivity contribution >= 4 is 17.6 Å². The van der Waals surface area contributed by atoms with Crippen LogP contribution in [-0.4, -0.2) is 37.1 Å². The minimum atomic E-state index is -0.536. The molecule has 5 heteroatoms. The Morgan fingerprint density at radius 2 is 1.86 bits per heavy atom. The molecule has 2 aliphatic heterocycles. The summed E-state index contributed by atoms with van der Waals surface area (Å²) in [6.45, 7) is 8.11. The molecule has 5 nitrogen and oxygen atoms in total. The van der Waals surface area contributed by atoms with Crippen molar-refractivity contribution in [3.63, 3.8) is 0 Å². The molecule has 4 rings (SSSR count). The molecule has 1 saturated heterocycles. The molecule has 1 spiro atoms. The molecule has 1 saturated carbocycles. The van der Waals surface area contributed by atoms with Gasteiger partial charge in [0.05, 0.1) is 11.0 Å². The van der Waals surface area contributed by atoms with Gasteiger partial charge in [0.1, 0.15) is 5.60 Å². The van der Waals surface area contributed by atoms with Gasteiger partial charge in [-0.25, -0.2) is 4.79 Å². The van der Waals surface area contributed by atoms with Crippen LogP contribution in [0.4, 0.5) is 5.69 Å². The van der Waals surface area contributed by atoms with Crippen LogP contribution in [0.15, 0.2) is 18.2 Å². The number of hydrogen-bond donors (Lipinski definition) is 1. The summed E-state index contributed by atoms with van der Waals surface area (Å²) < 4.78 is 5.58. The van der Waals surface area contributed by atoms with Crippen LogP contribution in [0.1, 0.15) is 81.6 Å². The molecule has 1 aromatic rings. The average Bonchev–Trinajstić information content (AvgIpc) is 2.90. The van der Waals surface area contributed by atoms with E-state index in [1.165, 1.54) is 32.1 Å². The molecule has 0 unspecified atom stereocenters. The number of anilines is 1. The standard InChI is InChI=1S/C24H34N2O3/c1-23(2,3)29-21(27)18-9-10-20-19(15-18)24(11-13-25-14-12-24)22(28)26(20)16-17-7-5-4-6-8-17/h9-10,15,17,25H,4-8,11-14,16H2,1-3H3. The van der Waals surface area contributed by atoms with Crippen molar-refractivity contribution in [1.82, 2.24) is 5.32 Å². The van der Waals surface area contributed by atoms with E-state index >= 15 is 0 Å². The van der Waals surface area contributed by atoms with Gasteiger partial charge in [0.2, 0.25) is 5.91 Å². The molecular weight excluding hydrogens is 364 g/mol. The number of piperidine rings is 1. The Morgan fingerprint density at radius 3 is 2.52 bits per heavy atom. The first-order valence-corrected chi connectivity index (χ1v) is 11.2. The highest BCUT2D eigenvalue weighted by molar-refractivity contribution is 6.09. The van der Waals surface area contributed by atoms with Crippen LogP contribution in [0.2, 0.25) is 0 Å². The van der Waals surface area contributed by atoms with E-state index < -0.39 is 11.0 Å². The van der Waals surface area contributed by atoms with Crippen LogP contribution < -0.4 is 10.2 Å². The number of amides is 1. The van der Waals surface area contributed by atoms with Crippen molar-refractivity contribution in [2.24, 2.45) is 5.92 Å². The van der Waals surface area contributed by atoms with E-state index in [9.17, 15) is 9.59 Å². The second-order valence-corrected chi connectivity index (χ2v) is 9.99. The summed E-state index contributed by atoms with van der Waals surface area (Å²) in [7, 11) is 0. The highest BCUT2D eigenvalue weighted by Crippen LogP contribution is 2.48. The van der Waals surface area contributed by atoms with Crippen molar-refractivity contribution < 1.29 is 14.3 Å². The number of ether oxygens (including phenoxy) is 1. The van der Waals surface area contributed by atoms with E-state index in [4.69, 9.17) is 4.74 Å². The number of fused-ring (bicyclic) bond motifs is 2. The van der Waals surface area contributed by atoms with E-state index in [0.717, 1.165) is 43.7 Å². The number of rotatable bonds is 3. The van der Waals surface area contributed by atoms with Crippen LogP contribution in [0.5, 0.6) is 0 Å². The molecule has 29 heavy (non-hydrogen) atoms. The number of nitrogens with one attached hydrogen (secondary N) is 1. The van der Waals surface area contributed by atoms with Gasteiger partial charge in [0.25, 0.3) is 0 Å². The Kier molecular flexibility index (Phi) is 5.45. The van der Waals surface area contributed by atoms with Gasteiger partial charge in [-0.2, -0.15) is 0 Å². The highest BCUT2D eigenvalue weighted by Gasteiger charge is 2.51. The number of benzene rings is 1. The minimum absolute atomic E-state index is 0.237. The number of carbonyl (C=O) groups is 2. The summed E-state index contributed by atoms with van der Waals surface area (Å²) in [6.07, 6.45) is 7.86. The van der Waals surface area contributed by atoms with Crippen LogP contribution in [0, 0.1) is 5.92 Å². The lowest BCUT2D eigenvalue weighted by Gasteiger charge is -2.34. The maximum Gasteiger partial charge on any atom is 0.338 e. The summed E-state index contributed by atoms with van der Waals surface area (Å²) >= 11 is 0. The van der Waals surface area contributed by atoms with Gasteiger partial charge in [0.15, 0.2) is 0 Å². The Hall–Kier alpha value is -1.88. The van der Waals surface area contributed by atoms with E-state index in [0.29, 0.717) is 11.5 Å². The quantitative estimate of drug-likeness (QED) is 0.776. The van der Waals surface area contributed by atoms with Crippen molar-refractivity contribution in [2.75, 3.05) is 24.5 Å². The lowest BCUT2D eigenvalue weighted by atomic mass is 9.74. The third kappa shape index (κ3) is 3.94. The average molecular weight is 399 g/mol. The lowest BCUT2D eigenvalue weighted by molar-refractivity contribution is -0.124. The zero-order valence-electron chi connectivity index (χ0n) is 18.1. The van der Waals surface area contributed by atoms with Gasteiger partial charge in [-0.1, -0.05) is 19.3 Å². The fourth-order valence-electron chi connectivity index (χ4n) is 5.25. The second kappa shape index (κ2) is 7.75. The first kappa shape index (κ1) is 20.4. The van der Waals surface area contributed by atoms with Gasteiger partial charge < -0.3 is 15.0 Å². The van der Waals surface area contributed by atoms with Crippen LogP contribution >= 0.6 is 0 Å². The number of hydrogen-bond acceptors (Lipinski definition) is 4. The Labute approximate surface area is 174 Å². The van der Waals surface area contributed by atoms with E-state index in [1.54, 1.807) is 0 Å². The van der Waals surface area contributed by atoms with Gasteiger partial charge in [-0.05, 0) is 89.2 Å². The van der Waals surface area contributed by atoms with Crippen molar-refractivity contribution in [2.45, 2.75) is 76.7 Å². The molecule has 1 aromatic carbocycles. The van der Waals surface area contributed by atoms with Gasteiger partial charge in [-0.3, -0.25) is 4.79 Å². The molecule has 158 valence electrons. The van der Waals surface area contributed by atoms with E-state index in [1.807, 2.05) is 43.9 Å². The molecule has 0 bridgehead atoms.